The van der Waals surface area contributed by atoms with Crippen LogP contribution in [0.5, 0.6) is 0 Å². The lowest BCUT2D eigenvalue weighted by Gasteiger charge is -2.06. The molecule has 0 spiro atoms. The first-order valence-corrected chi connectivity index (χ1v) is 6.91. The number of halogens is 1. The van der Waals surface area contributed by atoms with Crippen molar-refractivity contribution < 1.29 is 4.39 Å². The van der Waals surface area contributed by atoms with E-state index < -0.39 is 0 Å². The van der Waals surface area contributed by atoms with Gasteiger partial charge in [-0.1, -0.05) is 25.5 Å². The van der Waals surface area contributed by atoms with E-state index >= 15 is 0 Å². The highest BCUT2D eigenvalue weighted by molar-refractivity contribution is 7.15. The molecule has 2 N–H and O–H groups in total. The van der Waals surface area contributed by atoms with E-state index in [0.717, 1.165) is 34.5 Å². The van der Waals surface area contributed by atoms with Gasteiger partial charge in [-0.05, 0) is 30.5 Å². The van der Waals surface area contributed by atoms with Gasteiger partial charge in [-0.25, -0.2) is 9.37 Å². The first-order valence-electron chi connectivity index (χ1n) is 6.09. The molecule has 0 bridgehead atoms. The van der Waals surface area contributed by atoms with Gasteiger partial charge >= 0.3 is 0 Å². The third-order valence-electron chi connectivity index (χ3n) is 2.97. The predicted octanol–water partition coefficient (Wildman–Crippen LogP) is 3.72. The van der Waals surface area contributed by atoms with E-state index in [1.807, 2.05) is 13.0 Å². The molecule has 96 valence electrons. The third-order valence-corrected chi connectivity index (χ3v) is 3.90. The van der Waals surface area contributed by atoms with Crippen molar-refractivity contribution in [2.75, 3.05) is 5.73 Å². The minimum Gasteiger partial charge on any atom is -0.375 e. The summed E-state index contributed by atoms with van der Waals surface area (Å²) in [5.74, 6) is -0.149. The Kier molecular flexibility index (Phi) is 3.97. The molecule has 0 atom stereocenters. The molecule has 2 nitrogen and oxygen atoms in total. The summed E-state index contributed by atoms with van der Waals surface area (Å²) < 4.78 is 13.8. The number of nitrogens with zero attached hydrogens (tertiary/aromatic N) is 1. The second-order valence-corrected chi connectivity index (χ2v) is 5.50. The molecule has 0 saturated carbocycles. The number of hydrogen-bond donors (Lipinski definition) is 1. The normalized spacial score (nSPS) is 10.8. The second kappa shape index (κ2) is 5.48. The van der Waals surface area contributed by atoms with Crippen molar-refractivity contribution in [2.45, 2.75) is 33.1 Å². The van der Waals surface area contributed by atoms with Gasteiger partial charge in [0.25, 0.3) is 0 Å². The van der Waals surface area contributed by atoms with Gasteiger partial charge in [0.15, 0.2) is 5.13 Å². The number of nitrogen functional groups attached to an aromatic ring is 1. The topological polar surface area (TPSA) is 38.9 Å². The van der Waals surface area contributed by atoms with E-state index in [1.165, 1.54) is 17.4 Å². The van der Waals surface area contributed by atoms with Gasteiger partial charge in [0.2, 0.25) is 0 Å². The van der Waals surface area contributed by atoms with Crippen molar-refractivity contribution in [1.82, 2.24) is 4.98 Å². The van der Waals surface area contributed by atoms with Crippen LogP contribution in [0.15, 0.2) is 18.2 Å². The Morgan fingerprint density at radius 2 is 2.17 bits per heavy atom. The Hall–Kier alpha value is -1.42. The molecule has 1 heterocycles. The lowest BCUT2D eigenvalue weighted by atomic mass is 10.0. The summed E-state index contributed by atoms with van der Waals surface area (Å²) in [6.07, 6.45) is 2.51. The van der Waals surface area contributed by atoms with Gasteiger partial charge in [-0.2, -0.15) is 0 Å². The van der Waals surface area contributed by atoms with Crippen molar-refractivity contribution in [1.29, 1.82) is 0 Å². The van der Waals surface area contributed by atoms with Crippen LogP contribution in [0, 0.1) is 12.7 Å². The number of anilines is 1. The smallest absolute Gasteiger partial charge is 0.180 e. The first kappa shape index (κ1) is 13.0. The van der Waals surface area contributed by atoms with E-state index in [1.54, 1.807) is 6.07 Å². The van der Waals surface area contributed by atoms with E-state index in [0.29, 0.717) is 11.6 Å². The summed E-state index contributed by atoms with van der Waals surface area (Å²) in [5, 5.41) is 0.572. The Morgan fingerprint density at radius 3 is 2.83 bits per heavy atom. The Balaban J connectivity index is 2.33. The van der Waals surface area contributed by atoms with Crippen LogP contribution < -0.4 is 5.73 Å². The van der Waals surface area contributed by atoms with Gasteiger partial charge in [0.05, 0.1) is 5.69 Å². The number of aryl methyl sites for hydroxylation is 2. The fourth-order valence-electron chi connectivity index (χ4n) is 2.02. The molecule has 0 aliphatic heterocycles. The molecule has 0 amide bonds. The number of benzene rings is 1. The fraction of sp³-hybridized carbons (Fsp3) is 0.357. The van der Waals surface area contributed by atoms with E-state index in [4.69, 9.17) is 5.73 Å². The maximum Gasteiger partial charge on any atom is 0.180 e. The predicted molar refractivity (Wildman–Crippen MR) is 74.5 cm³/mol. The summed E-state index contributed by atoms with van der Waals surface area (Å²) in [5.41, 5.74) is 8.49. The minimum atomic E-state index is -0.149. The molecule has 0 aliphatic carbocycles. The molecule has 0 radical (unpaired) electrons. The van der Waals surface area contributed by atoms with Crippen LogP contribution in [0.1, 0.15) is 35.0 Å². The monoisotopic (exact) mass is 264 g/mol. The summed E-state index contributed by atoms with van der Waals surface area (Å²) in [7, 11) is 0. The molecular formula is C14H17FN2S. The first-order chi connectivity index (χ1) is 8.61. The number of hydrogen-bond acceptors (Lipinski definition) is 3. The highest BCUT2D eigenvalue weighted by Crippen LogP contribution is 2.26. The Labute approximate surface area is 111 Å². The Bertz CT molecular complexity index is 528. The molecule has 0 saturated heterocycles. The standard InChI is InChI=1S/C14H17FN2S/c1-3-5-12-13(18-14(16)17-12)8-10-9(2)6-4-7-11(10)15/h4,6-7H,3,5,8H2,1-2H3,(H2,16,17). The quantitative estimate of drug-likeness (QED) is 0.914. The number of rotatable bonds is 4. The third kappa shape index (κ3) is 2.70. The molecule has 1 aromatic heterocycles. The molecule has 4 heteroatoms. The largest absolute Gasteiger partial charge is 0.375 e. The van der Waals surface area contributed by atoms with E-state index in [9.17, 15) is 4.39 Å². The van der Waals surface area contributed by atoms with Crippen molar-refractivity contribution in [3.05, 3.63) is 45.7 Å². The molecular weight excluding hydrogens is 247 g/mol. The van der Waals surface area contributed by atoms with Crippen molar-refractivity contribution in [3.63, 3.8) is 0 Å². The van der Waals surface area contributed by atoms with Crippen LogP contribution in [0.25, 0.3) is 0 Å². The van der Waals surface area contributed by atoms with Crippen molar-refractivity contribution >= 4 is 16.5 Å². The highest BCUT2D eigenvalue weighted by atomic mass is 32.1. The lowest BCUT2D eigenvalue weighted by Crippen LogP contribution is -1.98. The van der Waals surface area contributed by atoms with Crippen molar-refractivity contribution in [2.24, 2.45) is 0 Å². The maximum atomic E-state index is 13.8. The minimum absolute atomic E-state index is 0.149. The number of aromatic nitrogens is 1. The van der Waals surface area contributed by atoms with Gasteiger partial charge in [-0.15, -0.1) is 11.3 Å². The van der Waals surface area contributed by atoms with E-state index in [2.05, 4.69) is 11.9 Å². The lowest BCUT2D eigenvalue weighted by molar-refractivity contribution is 0.612. The van der Waals surface area contributed by atoms with Crippen molar-refractivity contribution in [3.8, 4) is 0 Å². The van der Waals surface area contributed by atoms with Crippen LogP contribution >= 0.6 is 11.3 Å². The van der Waals surface area contributed by atoms with Crippen LogP contribution in [-0.2, 0) is 12.8 Å². The van der Waals surface area contributed by atoms with Gasteiger partial charge in [-0.3, -0.25) is 0 Å². The number of thiazole rings is 1. The summed E-state index contributed by atoms with van der Waals surface area (Å²) >= 11 is 1.47. The SMILES string of the molecule is CCCc1nc(N)sc1Cc1c(C)cccc1F. The molecule has 2 aromatic rings. The zero-order valence-electron chi connectivity index (χ0n) is 10.7. The average Bonchev–Trinajstić information content (AvgIpc) is 2.65. The van der Waals surface area contributed by atoms with Gasteiger partial charge in [0.1, 0.15) is 5.82 Å². The van der Waals surface area contributed by atoms with E-state index in [-0.39, 0.29) is 5.82 Å². The maximum absolute atomic E-state index is 13.8. The van der Waals surface area contributed by atoms with Crippen LogP contribution in [0.4, 0.5) is 9.52 Å². The fourth-order valence-corrected chi connectivity index (χ4v) is 2.91. The highest BCUT2D eigenvalue weighted by Gasteiger charge is 2.13. The van der Waals surface area contributed by atoms with Crippen LogP contribution in [0.2, 0.25) is 0 Å². The number of nitrogens with two attached hydrogens (primary N) is 1. The average molecular weight is 264 g/mol. The molecule has 1 aromatic carbocycles. The second-order valence-electron chi connectivity index (χ2n) is 4.38. The zero-order chi connectivity index (χ0) is 13.1. The molecule has 0 aliphatic rings. The molecule has 2 rings (SSSR count). The van der Waals surface area contributed by atoms with Gasteiger partial charge < -0.3 is 5.73 Å². The van der Waals surface area contributed by atoms with Crippen LogP contribution in [-0.4, -0.2) is 4.98 Å². The molecule has 18 heavy (non-hydrogen) atoms. The molecule has 0 unspecified atom stereocenters. The molecule has 0 fully saturated rings. The summed E-state index contributed by atoms with van der Waals surface area (Å²) in [6, 6.07) is 5.18. The Morgan fingerprint density at radius 1 is 1.39 bits per heavy atom. The van der Waals surface area contributed by atoms with Crippen LogP contribution in [0.3, 0.4) is 0 Å². The zero-order valence-corrected chi connectivity index (χ0v) is 11.5. The van der Waals surface area contributed by atoms with Gasteiger partial charge in [0, 0.05) is 11.3 Å². The summed E-state index contributed by atoms with van der Waals surface area (Å²) in [4.78, 5) is 5.42. The summed E-state index contributed by atoms with van der Waals surface area (Å²) in [6.45, 7) is 4.04.